The number of benzene rings is 2. The lowest BCUT2D eigenvalue weighted by Gasteiger charge is -2.30. The van der Waals surface area contributed by atoms with Gasteiger partial charge in [-0.05, 0) is 49.6 Å². The lowest BCUT2D eigenvalue weighted by Crippen LogP contribution is -2.32. The average Bonchev–Trinajstić information content (AvgIpc) is 3.25. The highest BCUT2D eigenvalue weighted by Gasteiger charge is 2.25. The van der Waals surface area contributed by atoms with Gasteiger partial charge in [0.1, 0.15) is 0 Å². The zero-order valence-electron chi connectivity index (χ0n) is 14.1. The maximum absolute atomic E-state index is 4.87. The van der Waals surface area contributed by atoms with Gasteiger partial charge >= 0.3 is 0 Å². The first-order valence-corrected chi connectivity index (χ1v) is 10.4. The zero-order chi connectivity index (χ0) is 16.8. The second kappa shape index (κ2) is 6.07. The van der Waals surface area contributed by atoms with Crippen molar-refractivity contribution >= 4 is 48.2 Å². The van der Waals surface area contributed by atoms with Gasteiger partial charge in [-0.2, -0.15) is 0 Å². The Balaban J connectivity index is 1.34. The second-order valence-corrected chi connectivity index (χ2v) is 8.82. The molecule has 126 valence electrons. The summed E-state index contributed by atoms with van der Waals surface area (Å²) >= 11 is 3.68. The summed E-state index contributed by atoms with van der Waals surface area (Å²) in [6, 6.07) is 15.0. The Kier molecular flexibility index (Phi) is 3.71. The summed E-state index contributed by atoms with van der Waals surface area (Å²) in [4.78, 5) is 12.2. The molecule has 1 saturated heterocycles. The van der Waals surface area contributed by atoms with Crippen LogP contribution in [-0.2, 0) is 0 Å². The molecule has 3 nitrogen and oxygen atoms in total. The van der Waals surface area contributed by atoms with Crippen molar-refractivity contribution in [2.45, 2.75) is 25.7 Å². The van der Waals surface area contributed by atoms with Gasteiger partial charge in [-0.15, -0.1) is 11.3 Å². The van der Waals surface area contributed by atoms with Crippen LogP contribution in [0.1, 0.15) is 29.3 Å². The van der Waals surface area contributed by atoms with Gasteiger partial charge in [0.15, 0.2) is 5.13 Å². The maximum atomic E-state index is 4.87. The summed E-state index contributed by atoms with van der Waals surface area (Å²) in [6.45, 7) is 4.28. The molecule has 0 atom stereocenters. The fourth-order valence-corrected chi connectivity index (χ4v) is 5.79. The van der Waals surface area contributed by atoms with Gasteiger partial charge in [-0.1, -0.05) is 29.5 Å². The van der Waals surface area contributed by atoms with Gasteiger partial charge in [0.25, 0.3) is 0 Å². The van der Waals surface area contributed by atoms with Crippen LogP contribution in [-0.4, -0.2) is 23.1 Å². The molecule has 0 amide bonds. The summed E-state index contributed by atoms with van der Waals surface area (Å²) in [7, 11) is 0. The molecule has 2 aromatic carbocycles. The Morgan fingerprint density at radius 1 is 0.920 bits per heavy atom. The van der Waals surface area contributed by atoms with Crippen LogP contribution < -0.4 is 4.90 Å². The quantitative estimate of drug-likeness (QED) is 0.463. The lowest BCUT2D eigenvalue weighted by molar-refractivity contribution is 0.504. The molecule has 1 aliphatic rings. The Morgan fingerprint density at radius 2 is 1.72 bits per heavy atom. The highest BCUT2D eigenvalue weighted by atomic mass is 32.1. The molecular formula is C20H19N3S2. The fraction of sp³-hybridized carbons (Fsp3) is 0.300. The molecule has 0 spiro atoms. The van der Waals surface area contributed by atoms with Crippen molar-refractivity contribution in [1.29, 1.82) is 0 Å². The molecule has 0 bridgehead atoms. The zero-order valence-corrected chi connectivity index (χ0v) is 15.7. The SMILES string of the molecule is Cc1ccc2nc(N3CCC(c4nc5ccccc5s4)CC3)sc2c1. The standard InChI is InChI=1S/C20H19N3S2/c1-13-6-7-16-18(12-13)25-20(22-16)23-10-8-14(9-11-23)19-21-15-4-2-3-5-17(15)24-19/h2-7,12,14H,8-11H2,1H3. The molecule has 2 aromatic heterocycles. The van der Waals surface area contributed by atoms with Crippen LogP contribution in [0, 0.1) is 6.92 Å². The van der Waals surface area contributed by atoms with E-state index in [-0.39, 0.29) is 0 Å². The van der Waals surface area contributed by atoms with Gasteiger partial charge < -0.3 is 4.90 Å². The number of thiazole rings is 2. The Bertz CT molecular complexity index is 1010. The first-order chi connectivity index (χ1) is 12.3. The van der Waals surface area contributed by atoms with Crippen LogP contribution in [0.5, 0.6) is 0 Å². The van der Waals surface area contributed by atoms with Gasteiger partial charge in [0.2, 0.25) is 0 Å². The number of rotatable bonds is 2. The predicted octanol–water partition coefficient (Wildman–Crippen LogP) is 5.60. The Hall–Kier alpha value is -1.98. The number of aryl methyl sites for hydroxylation is 1. The van der Waals surface area contributed by atoms with Crippen molar-refractivity contribution < 1.29 is 0 Å². The van der Waals surface area contributed by atoms with E-state index in [1.54, 1.807) is 0 Å². The van der Waals surface area contributed by atoms with Crippen molar-refractivity contribution in [2.75, 3.05) is 18.0 Å². The van der Waals surface area contributed by atoms with Crippen molar-refractivity contribution in [3.8, 4) is 0 Å². The van der Waals surface area contributed by atoms with Gasteiger partial charge in [0, 0.05) is 19.0 Å². The summed E-state index contributed by atoms with van der Waals surface area (Å²) in [6.07, 6.45) is 2.32. The number of fused-ring (bicyclic) bond motifs is 2. The van der Waals surface area contributed by atoms with Crippen LogP contribution in [0.4, 0.5) is 5.13 Å². The van der Waals surface area contributed by atoms with E-state index in [1.165, 1.54) is 25.1 Å². The van der Waals surface area contributed by atoms with Crippen LogP contribution in [0.3, 0.4) is 0 Å². The molecule has 0 aliphatic carbocycles. The minimum Gasteiger partial charge on any atom is -0.348 e. The number of hydrogen-bond acceptors (Lipinski definition) is 5. The molecule has 4 aromatic rings. The minimum absolute atomic E-state index is 0.588. The van der Waals surface area contributed by atoms with Crippen LogP contribution >= 0.6 is 22.7 Å². The molecule has 5 heteroatoms. The number of para-hydroxylation sites is 1. The fourth-order valence-electron chi connectivity index (χ4n) is 3.54. The topological polar surface area (TPSA) is 29.0 Å². The Labute approximate surface area is 155 Å². The van der Waals surface area contributed by atoms with E-state index in [1.807, 2.05) is 22.7 Å². The molecule has 1 fully saturated rings. The third-order valence-corrected chi connectivity index (χ3v) is 7.24. The van der Waals surface area contributed by atoms with E-state index >= 15 is 0 Å². The van der Waals surface area contributed by atoms with E-state index in [9.17, 15) is 0 Å². The lowest BCUT2D eigenvalue weighted by atomic mass is 9.98. The summed E-state index contributed by atoms with van der Waals surface area (Å²) in [5.74, 6) is 0.588. The third kappa shape index (κ3) is 2.81. The molecule has 5 rings (SSSR count). The highest BCUT2D eigenvalue weighted by Crippen LogP contribution is 2.37. The normalized spacial score (nSPS) is 16.1. The number of piperidine rings is 1. The van der Waals surface area contributed by atoms with E-state index < -0.39 is 0 Å². The summed E-state index contributed by atoms with van der Waals surface area (Å²) in [5.41, 5.74) is 3.57. The summed E-state index contributed by atoms with van der Waals surface area (Å²) < 4.78 is 2.60. The molecule has 0 saturated carbocycles. The molecule has 0 N–H and O–H groups in total. The maximum Gasteiger partial charge on any atom is 0.186 e. The first-order valence-electron chi connectivity index (χ1n) is 8.74. The van der Waals surface area contributed by atoms with Crippen molar-refractivity contribution in [2.24, 2.45) is 0 Å². The molecule has 0 radical (unpaired) electrons. The second-order valence-electron chi connectivity index (χ2n) is 6.75. The molecule has 25 heavy (non-hydrogen) atoms. The minimum atomic E-state index is 0.588. The average molecular weight is 366 g/mol. The van der Waals surface area contributed by atoms with Crippen molar-refractivity contribution in [3.63, 3.8) is 0 Å². The van der Waals surface area contributed by atoms with Crippen molar-refractivity contribution in [1.82, 2.24) is 9.97 Å². The van der Waals surface area contributed by atoms with E-state index in [0.29, 0.717) is 5.92 Å². The summed E-state index contributed by atoms with van der Waals surface area (Å²) in [5, 5.41) is 2.48. The third-order valence-electron chi connectivity index (χ3n) is 4.96. The van der Waals surface area contributed by atoms with Crippen LogP contribution in [0.2, 0.25) is 0 Å². The Morgan fingerprint density at radius 3 is 2.56 bits per heavy atom. The number of anilines is 1. The number of hydrogen-bond donors (Lipinski definition) is 0. The monoisotopic (exact) mass is 365 g/mol. The van der Waals surface area contributed by atoms with Crippen molar-refractivity contribution in [3.05, 3.63) is 53.0 Å². The van der Waals surface area contributed by atoms with Crippen LogP contribution in [0.25, 0.3) is 20.4 Å². The van der Waals surface area contributed by atoms with Gasteiger partial charge in [0.05, 0.1) is 25.4 Å². The van der Waals surface area contributed by atoms with Crippen LogP contribution in [0.15, 0.2) is 42.5 Å². The molecular weight excluding hydrogens is 346 g/mol. The highest BCUT2D eigenvalue weighted by molar-refractivity contribution is 7.22. The van der Waals surface area contributed by atoms with E-state index in [0.717, 1.165) is 37.0 Å². The molecule has 1 aliphatic heterocycles. The predicted molar refractivity (Wildman–Crippen MR) is 108 cm³/mol. The number of nitrogens with zero attached hydrogens (tertiary/aromatic N) is 3. The van der Waals surface area contributed by atoms with Gasteiger partial charge in [-0.3, -0.25) is 0 Å². The van der Waals surface area contributed by atoms with E-state index in [4.69, 9.17) is 9.97 Å². The molecule has 3 heterocycles. The number of aromatic nitrogens is 2. The molecule has 0 unspecified atom stereocenters. The largest absolute Gasteiger partial charge is 0.348 e. The smallest absolute Gasteiger partial charge is 0.186 e. The first kappa shape index (κ1) is 15.3. The van der Waals surface area contributed by atoms with E-state index in [2.05, 4.69) is 54.3 Å². The van der Waals surface area contributed by atoms with Gasteiger partial charge in [-0.25, -0.2) is 9.97 Å².